The standard InChI is InChI=1S/C79H136O17P2/c1-5-9-13-17-21-25-29-33-35-36-38-41-44-48-52-56-60-64-77(82)90-70-75(96-79(84)66-62-58-54-50-46-42-37-34-30-26-22-18-14-10-6-2)72-94-98(87,88)92-68-73(80)67-91-97(85,86)93-71-74(95-78(83)65-61-57-53-49-45-40-32-28-24-20-16-12-8-4)69-89-76(81)63-59-55-51-47-43-39-31-27-23-19-15-11-7-3/h9-10,13-14,21-22,25-26,33-35,37-38,41,46,48,50,52,73-75,80H,5-8,11-12,15-20,23-24,27-32,36,39-40,42-45,47,49,51,53-72H2,1-4H3,(H,85,86)(H,87,88)/b13-9-,14-10-,25-21-,26-22-,35-33-,37-34-,41-38-,50-46-,52-48-. The lowest BCUT2D eigenvalue weighted by molar-refractivity contribution is -0.161. The van der Waals surface area contributed by atoms with Crippen LogP contribution in [0.25, 0.3) is 0 Å². The Hall–Kier alpha value is -4.28. The van der Waals surface area contributed by atoms with Crippen LogP contribution in [-0.4, -0.2) is 96.7 Å². The largest absolute Gasteiger partial charge is 0.472 e. The average molecular weight is 1420 g/mol. The van der Waals surface area contributed by atoms with E-state index in [0.29, 0.717) is 38.5 Å². The smallest absolute Gasteiger partial charge is 0.462 e. The molecule has 0 aliphatic rings. The van der Waals surface area contributed by atoms with E-state index in [0.717, 1.165) is 109 Å². The van der Waals surface area contributed by atoms with Gasteiger partial charge in [0.15, 0.2) is 12.2 Å². The number of carbonyl (C=O) groups is 4. The van der Waals surface area contributed by atoms with Crippen molar-refractivity contribution in [2.75, 3.05) is 39.6 Å². The van der Waals surface area contributed by atoms with Crippen molar-refractivity contribution in [2.45, 2.75) is 329 Å². The van der Waals surface area contributed by atoms with Crippen molar-refractivity contribution in [1.29, 1.82) is 0 Å². The van der Waals surface area contributed by atoms with Crippen LogP contribution in [0.4, 0.5) is 0 Å². The SMILES string of the molecule is CC/C=C\C/C=C\C/C=C\C/C=C\C/C=C\CCCC(=O)OCC(COP(=O)(O)OCC(O)COP(=O)(O)OCC(COC(=O)CCCCCCCCCCCCCCC)OC(=O)CCCCCCCCCCCCCCC)OC(=O)CCCC/C=C\C/C=C\C/C=C\C/C=C\CC. The van der Waals surface area contributed by atoms with E-state index in [1.807, 2.05) is 12.2 Å². The van der Waals surface area contributed by atoms with E-state index in [2.05, 4.69) is 125 Å². The minimum Gasteiger partial charge on any atom is -0.462 e. The Morgan fingerprint density at radius 2 is 0.541 bits per heavy atom. The molecule has 5 atom stereocenters. The van der Waals surface area contributed by atoms with Crippen molar-refractivity contribution in [3.63, 3.8) is 0 Å². The topological polar surface area (TPSA) is 237 Å². The highest BCUT2D eigenvalue weighted by Crippen LogP contribution is 2.45. The Labute approximate surface area is 594 Å². The second-order valence-corrected chi connectivity index (χ2v) is 28.1. The number of aliphatic hydroxyl groups is 1. The third kappa shape index (κ3) is 70.2. The fourth-order valence-corrected chi connectivity index (χ4v) is 11.6. The Balaban J connectivity index is 5.42. The summed E-state index contributed by atoms with van der Waals surface area (Å²) in [5, 5.41) is 10.6. The summed E-state index contributed by atoms with van der Waals surface area (Å²) >= 11 is 0. The first-order valence-corrected chi connectivity index (χ1v) is 41.1. The van der Waals surface area contributed by atoms with Gasteiger partial charge < -0.3 is 33.8 Å². The van der Waals surface area contributed by atoms with Crippen LogP contribution in [0.5, 0.6) is 0 Å². The Bertz CT molecular complexity index is 2290. The van der Waals surface area contributed by atoms with Gasteiger partial charge in [0.25, 0.3) is 0 Å². The highest BCUT2D eigenvalue weighted by Gasteiger charge is 2.30. The second-order valence-electron chi connectivity index (χ2n) is 25.2. The predicted octanol–water partition coefficient (Wildman–Crippen LogP) is 21.8. The lowest BCUT2D eigenvalue weighted by Crippen LogP contribution is -2.30. The number of aliphatic hydroxyl groups excluding tert-OH is 1. The summed E-state index contributed by atoms with van der Waals surface area (Å²) in [5.74, 6) is -2.28. The highest BCUT2D eigenvalue weighted by atomic mass is 31.2. The first-order valence-electron chi connectivity index (χ1n) is 38.1. The van der Waals surface area contributed by atoms with Gasteiger partial charge in [-0.1, -0.05) is 291 Å². The molecule has 19 heteroatoms. The Morgan fingerprint density at radius 3 is 0.857 bits per heavy atom. The molecule has 5 unspecified atom stereocenters. The molecular weight excluding hydrogens is 1280 g/mol. The van der Waals surface area contributed by atoms with E-state index >= 15 is 0 Å². The molecule has 98 heavy (non-hydrogen) atoms. The third-order valence-corrected chi connectivity index (χ3v) is 17.7. The van der Waals surface area contributed by atoms with E-state index in [4.69, 9.17) is 37.0 Å². The zero-order valence-corrected chi connectivity index (χ0v) is 63.2. The average Bonchev–Trinajstić information content (AvgIpc) is 1.05. The van der Waals surface area contributed by atoms with Crippen molar-refractivity contribution >= 4 is 39.5 Å². The van der Waals surface area contributed by atoms with Crippen molar-refractivity contribution in [2.24, 2.45) is 0 Å². The normalized spacial score (nSPS) is 14.6. The number of rotatable bonds is 71. The molecule has 0 heterocycles. The van der Waals surface area contributed by atoms with E-state index in [1.54, 1.807) is 0 Å². The number of hydrogen-bond acceptors (Lipinski definition) is 15. The molecule has 564 valence electrons. The molecular formula is C79H136O17P2. The molecule has 0 bridgehead atoms. The van der Waals surface area contributed by atoms with Crippen molar-refractivity contribution in [3.05, 3.63) is 109 Å². The quantitative estimate of drug-likeness (QED) is 0.0169. The van der Waals surface area contributed by atoms with Gasteiger partial charge in [0, 0.05) is 25.7 Å². The van der Waals surface area contributed by atoms with E-state index < -0.39 is 97.5 Å². The summed E-state index contributed by atoms with van der Waals surface area (Å²) in [7, 11) is -9.97. The van der Waals surface area contributed by atoms with Crippen LogP contribution < -0.4 is 0 Å². The minimum atomic E-state index is -5.00. The number of hydrogen-bond donors (Lipinski definition) is 3. The van der Waals surface area contributed by atoms with Gasteiger partial charge in [0.1, 0.15) is 19.3 Å². The Morgan fingerprint density at radius 1 is 0.296 bits per heavy atom. The van der Waals surface area contributed by atoms with E-state index in [-0.39, 0.29) is 25.7 Å². The highest BCUT2D eigenvalue weighted by molar-refractivity contribution is 7.47. The summed E-state index contributed by atoms with van der Waals surface area (Å²) in [6, 6.07) is 0. The predicted molar refractivity (Wildman–Crippen MR) is 399 cm³/mol. The fraction of sp³-hybridized carbons (Fsp3) is 0.722. The number of carbonyl (C=O) groups excluding carboxylic acids is 4. The number of phosphoric ester groups is 2. The van der Waals surface area contributed by atoms with Crippen LogP contribution in [0.1, 0.15) is 310 Å². The van der Waals surface area contributed by atoms with Gasteiger partial charge in [0.05, 0.1) is 26.4 Å². The third-order valence-electron chi connectivity index (χ3n) is 15.8. The van der Waals surface area contributed by atoms with Crippen molar-refractivity contribution < 1.29 is 80.2 Å². The number of phosphoric acid groups is 2. The first kappa shape index (κ1) is 93.7. The zero-order valence-electron chi connectivity index (χ0n) is 61.4. The molecule has 0 spiro atoms. The van der Waals surface area contributed by atoms with Gasteiger partial charge in [-0.05, 0) is 103 Å². The number of allylic oxidation sites excluding steroid dienone is 18. The first-order chi connectivity index (χ1) is 47.7. The van der Waals surface area contributed by atoms with Gasteiger partial charge in [0.2, 0.25) is 0 Å². The molecule has 3 N–H and O–H groups in total. The summed E-state index contributed by atoms with van der Waals surface area (Å²) in [5.41, 5.74) is 0. The van der Waals surface area contributed by atoms with E-state index in [1.165, 1.54) is 109 Å². The fourth-order valence-electron chi connectivity index (χ4n) is 10.0. The van der Waals surface area contributed by atoms with Crippen LogP contribution in [0.15, 0.2) is 109 Å². The molecule has 0 aromatic heterocycles. The maximum atomic E-state index is 13.1. The summed E-state index contributed by atoms with van der Waals surface area (Å²) in [4.78, 5) is 72.8. The van der Waals surface area contributed by atoms with Crippen LogP contribution in [-0.2, 0) is 65.4 Å². The molecule has 0 aromatic rings. The molecule has 0 radical (unpaired) electrons. The number of ether oxygens (including phenoxy) is 4. The summed E-state index contributed by atoms with van der Waals surface area (Å²) in [6.45, 7) is 4.55. The van der Waals surface area contributed by atoms with E-state index in [9.17, 15) is 43.2 Å². The lowest BCUT2D eigenvalue weighted by Gasteiger charge is -2.21. The van der Waals surface area contributed by atoms with Gasteiger partial charge in [-0.25, -0.2) is 9.13 Å². The zero-order chi connectivity index (χ0) is 71.8. The maximum Gasteiger partial charge on any atom is 0.472 e. The van der Waals surface area contributed by atoms with Gasteiger partial charge in [-0.15, -0.1) is 0 Å². The molecule has 0 fully saturated rings. The molecule has 0 saturated carbocycles. The molecule has 0 aliphatic carbocycles. The lowest BCUT2D eigenvalue weighted by atomic mass is 10.0. The van der Waals surface area contributed by atoms with Crippen LogP contribution in [0, 0.1) is 0 Å². The molecule has 0 rings (SSSR count). The van der Waals surface area contributed by atoms with Crippen LogP contribution >= 0.6 is 15.6 Å². The molecule has 17 nitrogen and oxygen atoms in total. The van der Waals surface area contributed by atoms with Crippen molar-refractivity contribution in [1.82, 2.24) is 0 Å². The molecule has 0 amide bonds. The second kappa shape index (κ2) is 71.1. The van der Waals surface area contributed by atoms with Gasteiger partial charge in [-0.2, -0.15) is 0 Å². The van der Waals surface area contributed by atoms with Gasteiger partial charge >= 0.3 is 39.5 Å². The monoisotopic (exact) mass is 1420 g/mol. The Kier molecular flexibility index (Phi) is 68.0. The van der Waals surface area contributed by atoms with Crippen LogP contribution in [0.2, 0.25) is 0 Å². The summed E-state index contributed by atoms with van der Waals surface area (Å²) < 4.78 is 68.4. The molecule has 0 aliphatic heterocycles. The summed E-state index contributed by atoms with van der Waals surface area (Å²) in [6.07, 6.45) is 75.2. The number of esters is 4. The number of unbranched alkanes of at least 4 members (excludes halogenated alkanes) is 27. The minimum absolute atomic E-state index is 0.0292. The molecule has 0 aromatic carbocycles. The van der Waals surface area contributed by atoms with Crippen LogP contribution in [0.3, 0.4) is 0 Å². The van der Waals surface area contributed by atoms with Crippen molar-refractivity contribution in [3.8, 4) is 0 Å². The maximum absolute atomic E-state index is 13.1. The molecule has 0 saturated heterocycles. The van der Waals surface area contributed by atoms with Gasteiger partial charge in [-0.3, -0.25) is 37.3 Å².